The third-order valence-corrected chi connectivity index (χ3v) is 4.66. The highest BCUT2D eigenvalue weighted by atomic mass is 19.4. The first-order valence-electron chi connectivity index (χ1n) is 8.34. The number of nitrogens with zero attached hydrogens (tertiary/aromatic N) is 3. The molecule has 27 heavy (non-hydrogen) atoms. The van der Waals surface area contributed by atoms with Crippen molar-refractivity contribution in [3.05, 3.63) is 35.7 Å². The van der Waals surface area contributed by atoms with Gasteiger partial charge in [-0.05, 0) is 17.4 Å². The summed E-state index contributed by atoms with van der Waals surface area (Å²) in [6, 6.07) is 6.57. The molecule has 0 bridgehead atoms. The zero-order valence-electron chi connectivity index (χ0n) is 14.9. The number of terminal acetylenes is 1. The Morgan fingerprint density at radius 2 is 2.00 bits per heavy atom. The SMILES string of the molecule is C#CCN(Cc1ccc(-c2noc(C(F)(F)F)n2)cc1)C(=O)C1CC1(C)C. The fourth-order valence-electron chi connectivity index (χ4n) is 2.87. The topological polar surface area (TPSA) is 59.2 Å². The van der Waals surface area contributed by atoms with Crippen LogP contribution >= 0.6 is 0 Å². The van der Waals surface area contributed by atoms with E-state index in [1.807, 2.05) is 13.8 Å². The molecule has 1 aliphatic rings. The monoisotopic (exact) mass is 377 g/mol. The summed E-state index contributed by atoms with van der Waals surface area (Å²) in [5.41, 5.74) is 1.19. The van der Waals surface area contributed by atoms with Gasteiger partial charge in [-0.15, -0.1) is 6.42 Å². The molecule has 1 fully saturated rings. The molecule has 1 heterocycles. The van der Waals surface area contributed by atoms with Crippen LogP contribution in [0.25, 0.3) is 11.4 Å². The van der Waals surface area contributed by atoms with Gasteiger partial charge in [0.05, 0.1) is 6.54 Å². The van der Waals surface area contributed by atoms with Gasteiger partial charge >= 0.3 is 12.1 Å². The van der Waals surface area contributed by atoms with Crippen LogP contribution in [-0.4, -0.2) is 27.5 Å². The predicted octanol–water partition coefficient (Wildman–Crippen LogP) is 3.76. The van der Waals surface area contributed by atoms with Crippen molar-refractivity contribution >= 4 is 5.91 Å². The fourth-order valence-corrected chi connectivity index (χ4v) is 2.87. The van der Waals surface area contributed by atoms with Crippen LogP contribution in [0.2, 0.25) is 0 Å². The molecule has 5 nitrogen and oxygen atoms in total. The number of carbonyl (C=O) groups excluding carboxylic acids is 1. The third kappa shape index (κ3) is 4.13. The van der Waals surface area contributed by atoms with Gasteiger partial charge in [-0.2, -0.15) is 18.2 Å². The van der Waals surface area contributed by atoms with E-state index in [1.54, 1.807) is 29.2 Å². The quantitative estimate of drug-likeness (QED) is 0.745. The number of alkyl halides is 3. The van der Waals surface area contributed by atoms with Gasteiger partial charge in [-0.1, -0.05) is 49.2 Å². The van der Waals surface area contributed by atoms with Gasteiger partial charge < -0.3 is 9.42 Å². The summed E-state index contributed by atoms with van der Waals surface area (Å²) in [5, 5.41) is 3.35. The summed E-state index contributed by atoms with van der Waals surface area (Å²) >= 11 is 0. The van der Waals surface area contributed by atoms with Gasteiger partial charge in [0.1, 0.15) is 0 Å². The Morgan fingerprint density at radius 3 is 2.48 bits per heavy atom. The predicted molar refractivity (Wildman–Crippen MR) is 90.9 cm³/mol. The largest absolute Gasteiger partial charge is 0.471 e. The normalized spacial score (nSPS) is 18.0. The molecular formula is C19H18F3N3O2. The van der Waals surface area contributed by atoms with Crippen LogP contribution < -0.4 is 0 Å². The van der Waals surface area contributed by atoms with Gasteiger partial charge in [0.25, 0.3) is 0 Å². The standard InChI is InChI=1S/C19H18F3N3O2/c1-4-9-25(16(26)14-10-18(14,2)3)11-12-5-7-13(8-6-12)15-23-17(27-24-15)19(20,21)22/h1,5-8,14H,9-11H2,2-3H3. The van der Waals surface area contributed by atoms with Crippen molar-refractivity contribution < 1.29 is 22.5 Å². The summed E-state index contributed by atoms with van der Waals surface area (Å²) in [6.07, 6.45) is 1.54. The molecule has 1 aromatic carbocycles. The van der Waals surface area contributed by atoms with Crippen molar-refractivity contribution in [2.75, 3.05) is 6.54 Å². The van der Waals surface area contributed by atoms with Gasteiger partial charge in [0.2, 0.25) is 11.7 Å². The van der Waals surface area contributed by atoms with Crippen molar-refractivity contribution in [3.8, 4) is 23.7 Å². The molecule has 1 atom stereocenters. The van der Waals surface area contributed by atoms with Crippen molar-refractivity contribution in [1.29, 1.82) is 0 Å². The van der Waals surface area contributed by atoms with E-state index in [2.05, 4.69) is 20.6 Å². The first-order chi connectivity index (χ1) is 12.6. The lowest BCUT2D eigenvalue weighted by molar-refractivity contribution is -0.159. The lowest BCUT2D eigenvalue weighted by atomic mass is 10.1. The number of amides is 1. The van der Waals surface area contributed by atoms with Crippen LogP contribution in [0.4, 0.5) is 13.2 Å². The summed E-state index contributed by atoms with van der Waals surface area (Å²) in [5.74, 6) is 0.962. The molecule has 3 rings (SSSR count). The highest BCUT2D eigenvalue weighted by Gasteiger charge is 2.51. The maximum Gasteiger partial charge on any atom is 0.471 e. The molecule has 0 radical (unpaired) electrons. The summed E-state index contributed by atoms with van der Waals surface area (Å²) in [4.78, 5) is 17.6. The number of hydrogen-bond acceptors (Lipinski definition) is 4. The van der Waals surface area contributed by atoms with Gasteiger partial charge in [0, 0.05) is 18.0 Å². The first kappa shape index (κ1) is 19.0. The summed E-state index contributed by atoms with van der Waals surface area (Å²) in [7, 11) is 0. The summed E-state index contributed by atoms with van der Waals surface area (Å²) < 4.78 is 41.9. The highest BCUT2D eigenvalue weighted by molar-refractivity contribution is 5.82. The van der Waals surface area contributed by atoms with E-state index in [4.69, 9.17) is 6.42 Å². The molecule has 8 heteroatoms. The zero-order valence-corrected chi connectivity index (χ0v) is 14.9. The molecule has 142 valence electrons. The van der Waals surface area contributed by atoms with Crippen LogP contribution in [0.3, 0.4) is 0 Å². The third-order valence-electron chi connectivity index (χ3n) is 4.66. The number of rotatable bonds is 5. The van der Waals surface area contributed by atoms with Crippen molar-refractivity contribution in [2.45, 2.75) is 33.0 Å². The lowest BCUT2D eigenvalue weighted by Gasteiger charge is -2.21. The van der Waals surface area contributed by atoms with Gasteiger partial charge in [-0.3, -0.25) is 4.79 Å². The number of aromatic nitrogens is 2. The highest BCUT2D eigenvalue weighted by Crippen LogP contribution is 2.52. The van der Waals surface area contributed by atoms with Crippen molar-refractivity contribution in [2.24, 2.45) is 11.3 Å². The first-order valence-corrected chi connectivity index (χ1v) is 8.34. The van der Waals surface area contributed by atoms with Crippen LogP contribution in [0, 0.1) is 23.7 Å². The summed E-state index contributed by atoms with van der Waals surface area (Å²) in [6.45, 7) is 4.61. The maximum atomic E-state index is 12.6. The molecule has 1 aliphatic carbocycles. The van der Waals surface area contributed by atoms with Crippen LogP contribution in [0.1, 0.15) is 31.7 Å². The van der Waals surface area contributed by atoms with E-state index in [-0.39, 0.29) is 29.6 Å². The second kappa shape index (κ2) is 6.72. The second-order valence-corrected chi connectivity index (χ2v) is 7.26. The van der Waals surface area contributed by atoms with E-state index in [9.17, 15) is 18.0 Å². The molecular weight excluding hydrogens is 359 g/mol. The molecule has 0 N–H and O–H groups in total. The molecule has 1 amide bonds. The Kier molecular flexibility index (Phi) is 4.72. The number of carbonyl (C=O) groups is 1. The van der Waals surface area contributed by atoms with Crippen LogP contribution in [0.15, 0.2) is 28.8 Å². The number of benzene rings is 1. The zero-order chi connectivity index (χ0) is 19.8. The molecule has 0 saturated heterocycles. The lowest BCUT2D eigenvalue weighted by Crippen LogP contribution is -2.33. The van der Waals surface area contributed by atoms with E-state index in [0.29, 0.717) is 12.1 Å². The molecule has 1 unspecified atom stereocenters. The Hall–Kier alpha value is -2.82. The average molecular weight is 377 g/mol. The minimum absolute atomic E-state index is 0.00258. The molecule has 0 aliphatic heterocycles. The van der Waals surface area contributed by atoms with E-state index < -0.39 is 12.1 Å². The molecule has 0 spiro atoms. The minimum atomic E-state index is -4.68. The fraction of sp³-hybridized carbons (Fsp3) is 0.421. The van der Waals surface area contributed by atoms with E-state index in [0.717, 1.165) is 12.0 Å². The smallest absolute Gasteiger partial charge is 0.329 e. The van der Waals surface area contributed by atoms with Crippen LogP contribution in [-0.2, 0) is 17.5 Å². The Balaban J connectivity index is 1.72. The molecule has 2 aromatic rings. The van der Waals surface area contributed by atoms with Gasteiger partial charge in [0.15, 0.2) is 0 Å². The number of halogens is 3. The maximum absolute atomic E-state index is 12.6. The van der Waals surface area contributed by atoms with E-state index in [1.165, 1.54) is 0 Å². The average Bonchev–Trinajstić information content (AvgIpc) is 3.01. The second-order valence-electron chi connectivity index (χ2n) is 7.26. The molecule has 1 aromatic heterocycles. The van der Waals surface area contributed by atoms with Crippen molar-refractivity contribution in [1.82, 2.24) is 15.0 Å². The Labute approximate surface area is 154 Å². The molecule has 1 saturated carbocycles. The number of hydrogen-bond donors (Lipinski definition) is 0. The van der Waals surface area contributed by atoms with Crippen molar-refractivity contribution in [3.63, 3.8) is 0 Å². The van der Waals surface area contributed by atoms with E-state index >= 15 is 0 Å². The van der Waals surface area contributed by atoms with Gasteiger partial charge in [-0.25, -0.2) is 0 Å². The Bertz CT molecular complexity index is 879. The van der Waals surface area contributed by atoms with Crippen LogP contribution in [0.5, 0.6) is 0 Å². The Morgan fingerprint density at radius 1 is 1.37 bits per heavy atom. The minimum Gasteiger partial charge on any atom is -0.329 e.